The van der Waals surface area contributed by atoms with Crippen LogP contribution < -0.4 is 5.73 Å². The Bertz CT molecular complexity index is 296. The molecule has 1 rings (SSSR count). The van der Waals surface area contributed by atoms with Gasteiger partial charge in [0.15, 0.2) is 0 Å². The summed E-state index contributed by atoms with van der Waals surface area (Å²) in [6.07, 6.45) is 0.331. The van der Waals surface area contributed by atoms with Crippen LogP contribution in [0, 0.1) is 5.82 Å². The van der Waals surface area contributed by atoms with Crippen molar-refractivity contribution in [3.63, 3.8) is 0 Å². The van der Waals surface area contributed by atoms with Crippen LogP contribution in [0.3, 0.4) is 0 Å². The van der Waals surface area contributed by atoms with E-state index in [2.05, 4.69) is 0 Å². The second-order valence-electron chi connectivity index (χ2n) is 2.76. The van der Waals surface area contributed by atoms with Crippen LogP contribution in [0.15, 0.2) is 18.2 Å². The first-order valence-corrected chi connectivity index (χ1v) is 4.35. The van der Waals surface area contributed by atoms with Gasteiger partial charge in [-0.15, -0.1) is 12.4 Å². The summed E-state index contributed by atoms with van der Waals surface area (Å²) in [6.45, 7) is -0.0624. The molecule has 0 radical (unpaired) electrons. The Labute approximate surface area is 93.3 Å². The highest BCUT2D eigenvalue weighted by Crippen LogP contribution is 2.23. The Balaban J connectivity index is 0.00000169. The fourth-order valence-corrected chi connectivity index (χ4v) is 1.28. The molecule has 14 heavy (non-hydrogen) atoms. The fourth-order valence-electron chi connectivity index (χ4n) is 1.10. The molecule has 0 fully saturated rings. The molecular formula is C9H12Cl2FNO. The summed E-state index contributed by atoms with van der Waals surface area (Å²) in [6, 6.07) is 4.18. The van der Waals surface area contributed by atoms with Crippen LogP contribution in [-0.2, 0) is 0 Å². The number of aliphatic hydroxyl groups is 1. The van der Waals surface area contributed by atoms with E-state index in [-0.39, 0.29) is 24.0 Å². The molecule has 0 aromatic heterocycles. The van der Waals surface area contributed by atoms with Crippen LogP contribution in [0.2, 0.25) is 5.02 Å². The van der Waals surface area contributed by atoms with Gasteiger partial charge in [-0.3, -0.25) is 0 Å². The van der Waals surface area contributed by atoms with Crippen LogP contribution in [0.1, 0.15) is 18.0 Å². The zero-order valence-corrected chi connectivity index (χ0v) is 8.98. The number of benzene rings is 1. The van der Waals surface area contributed by atoms with E-state index >= 15 is 0 Å². The lowest BCUT2D eigenvalue weighted by atomic mass is 10.0. The maximum Gasteiger partial charge on any atom is 0.146 e. The first-order valence-electron chi connectivity index (χ1n) is 3.97. The van der Waals surface area contributed by atoms with Crippen LogP contribution in [0.25, 0.3) is 0 Å². The lowest BCUT2D eigenvalue weighted by Crippen LogP contribution is -2.13. The lowest BCUT2D eigenvalue weighted by molar-refractivity contribution is 0.275. The summed E-state index contributed by atoms with van der Waals surface area (Å²) in [5.41, 5.74) is 5.97. The van der Waals surface area contributed by atoms with Gasteiger partial charge in [0.2, 0.25) is 0 Å². The van der Waals surface area contributed by atoms with Gasteiger partial charge in [-0.25, -0.2) is 4.39 Å². The number of nitrogens with two attached hydrogens (primary N) is 1. The van der Waals surface area contributed by atoms with Gasteiger partial charge in [0, 0.05) is 18.2 Å². The molecule has 3 N–H and O–H groups in total. The molecule has 0 heterocycles. The topological polar surface area (TPSA) is 46.2 Å². The van der Waals surface area contributed by atoms with E-state index in [9.17, 15) is 4.39 Å². The van der Waals surface area contributed by atoms with Crippen molar-refractivity contribution in [1.82, 2.24) is 0 Å². The smallest absolute Gasteiger partial charge is 0.146 e. The van der Waals surface area contributed by atoms with Gasteiger partial charge in [0.25, 0.3) is 0 Å². The average molecular weight is 240 g/mol. The second-order valence-corrected chi connectivity index (χ2v) is 3.17. The van der Waals surface area contributed by atoms with Crippen molar-refractivity contribution in [2.45, 2.75) is 12.5 Å². The van der Waals surface area contributed by atoms with E-state index < -0.39 is 11.9 Å². The highest BCUT2D eigenvalue weighted by Gasteiger charge is 2.12. The Kier molecular flexibility index (Phi) is 6.04. The molecule has 80 valence electrons. The van der Waals surface area contributed by atoms with Gasteiger partial charge in [0.05, 0.1) is 5.02 Å². The highest BCUT2D eigenvalue weighted by molar-refractivity contribution is 6.30. The van der Waals surface area contributed by atoms with Crippen molar-refractivity contribution >= 4 is 24.0 Å². The Morgan fingerprint density at radius 3 is 2.71 bits per heavy atom. The molecule has 2 nitrogen and oxygen atoms in total. The van der Waals surface area contributed by atoms with Gasteiger partial charge >= 0.3 is 0 Å². The SMILES string of the molecule is Cl.N[C@H](CCO)c1cccc(Cl)c1F. The summed E-state index contributed by atoms with van der Waals surface area (Å²) in [4.78, 5) is 0. The molecule has 0 unspecified atom stereocenters. The molecule has 0 aliphatic rings. The maximum absolute atomic E-state index is 13.3. The highest BCUT2D eigenvalue weighted by atomic mass is 35.5. The quantitative estimate of drug-likeness (QED) is 0.851. The van der Waals surface area contributed by atoms with Gasteiger partial charge in [-0.1, -0.05) is 23.7 Å². The van der Waals surface area contributed by atoms with Gasteiger partial charge in [0.1, 0.15) is 5.82 Å². The summed E-state index contributed by atoms with van der Waals surface area (Å²) in [7, 11) is 0. The Morgan fingerprint density at radius 2 is 2.14 bits per heavy atom. The minimum absolute atomic E-state index is 0. The van der Waals surface area contributed by atoms with Crippen molar-refractivity contribution in [2.24, 2.45) is 5.73 Å². The Morgan fingerprint density at radius 1 is 1.50 bits per heavy atom. The monoisotopic (exact) mass is 239 g/mol. The van der Waals surface area contributed by atoms with Gasteiger partial charge in [-0.05, 0) is 12.5 Å². The van der Waals surface area contributed by atoms with Crippen LogP contribution >= 0.6 is 24.0 Å². The first kappa shape index (κ1) is 13.7. The molecule has 1 aromatic rings. The third-order valence-electron chi connectivity index (χ3n) is 1.82. The molecule has 0 spiro atoms. The molecule has 0 saturated carbocycles. The second kappa shape index (κ2) is 6.19. The van der Waals surface area contributed by atoms with Crippen LogP contribution in [0.4, 0.5) is 4.39 Å². The van der Waals surface area contributed by atoms with Crippen LogP contribution in [0.5, 0.6) is 0 Å². The van der Waals surface area contributed by atoms with Gasteiger partial charge < -0.3 is 10.8 Å². The number of hydrogen-bond acceptors (Lipinski definition) is 2. The summed E-state index contributed by atoms with van der Waals surface area (Å²) < 4.78 is 13.3. The summed E-state index contributed by atoms with van der Waals surface area (Å²) in [5.74, 6) is -0.495. The summed E-state index contributed by atoms with van der Waals surface area (Å²) in [5, 5.41) is 8.68. The number of hydrogen-bond donors (Lipinski definition) is 2. The van der Waals surface area contributed by atoms with Crippen LogP contribution in [-0.4, -0.2) is 11.7 Å². The standard InChI is InChI=1S/C9H11ClFNO.ClH/c10-7-3-1-2-6(9(7)11)8(12)4-5-13;/h1-3,8,13H,4-5,12H2;1H/t8-;/m1./s1. The Hall–Kier alpha value is -0.350. The largest absolute Gasteiger partial charge is 0.396 e. The minimum atomic E-state index is -0.497. The number of rotatable bonds is 3. The third-order valence-corrected chi connectivity index (χ3v) is 2.11. The molecule has 1 atom stereocenters. The molecule has 1 aromatic carbocycles. The van der Waals surface area contributed by atoms with E-state index in [0.717, 1.165) is 0 Å². The van der Waals surface area contributed by atoms with Crippen molar-refractivity contribution in [3.05, 3.63) is 34.6 Å². The maximum atomic E-state index is 13.3. The fraction of sp³-hybridized carbons (Fsp3) is 0.333. The molecular weight excluding hydrogens is 228 g/mol. The minimum Gasteiger partial charge on any atom is -0.396 e. The predicted molar refractivity (Wildman–Crippen MR) is 57.3 cm³/mol. The zero-order chi connectivity index (χ0) is 9.84. The van der Waals surface area contributed by atoms with Crippen molar-refractivity contribution < 1.29 is 9.50 Å². The van der Waals surface area contributed by atoms with Crippen molar-refractivity contribution in [3.8, 4) is 0 Å². The zero-order valence-electron chi connectivity index (χ0n) is 7.41. The molecule has 0 bridgehead atoms. The first-order chi connectivity index (χ1) is 6.16. The van der Waals surface area contributed by atoms with E-state index in [0.29, 0.717) is 12.0 Å². The normalized spacial score (nSPS) is 12.0. The molecule has 0 saturated heterocycles. The molecule has 5 heteroatoms. The number of aliphatic hydroxyl groups excluding tert-OH is 1. The van der Waals surface area contributed by atoms with E-state index in [1.165, 1.54) is 6.07 Å². The number of halogens is 3. The molecule has 0 aliphatic carbocycles. The van der Waals surface area contributed by atoms with Crippen molar-refractivity contribution in [2.75, 3.05) is 6.61 Å². The average Bonchev–Trinajstić information content (AvgIpc) is 2.10. The van der Waals surface area contributed by atoms with E-state index in [1.54, 1.807) is 12.1 Å². The predicted octanol–water partition coefficient (Wildman–Crippen LogP) is 2.28. The molecule has 0 aliphatic heterocycles. The van der Waals surface area contributed by atoms with E-state index in [1.807, 2.05) is 0 Å². The lowest BCUT2D eigenvalue weighted by Gasteiger charge is -2.11. The van der Waals surface area contributed by atoms with Gasteiger partial charge in [-0.2, -0.15) is 0 Å². The van der Waals surface area contributed by atoms with E-state index in [4.69, 9.17) is 22.4 Å². The molecule has 0 amide bonds. The summed E-state index contributed by atoms with van der Waals surface area (Å²) >= 11 is 5.57. The van der Waals surface area contributed by atoms with Crippen molar-refractivity contribution in [1.29, 1.82) is 0 Å². The third kappa shape index (κ3) is 3.10.